The molecule has 0 heterocycles. The zero-order chi connectivity index (χ0) is 12.8. The van der Waals surface area contributed by atoms with Gasteiger partial charge in [0.2, 0.25) is 0 Å². The van der Waals surface area contributed by atoms with Crippen LogP contribution in [-0.2, 0) is 14.4 Å². The number of hydrogen-bond donors (Lipinski definition) is 4. The number of rotatable bonds is 8. The average Bonchev–Trinajstić information content (AvgIpc) is 1.98. The average molecular weight is 236 g/mol. The van der Waals surface area contributed by atoms with E-state index in [2.05, 4.69) is 0 Å². The normalized spacial score (nSPS) is 11.1. The van der Waals surface area contributed by atoms with Crippen LogP contribution in [-0.4, -0.2) is 75.6 Å². The molecule has 0 aliphatic carbocycles. The number of carboxylic acid groups (broad SMARTS) is 3. The van der Waals surface area contributed by atoms with Crippen molar-refractivity contribution >= 4 is 17.9 Å². The Morgan fingerprint density at radius 2 is 1.12 bits per heavy atom. The van der Waals surface area contributed by atoms with E-state index in [1.54, 1.807) is 0 Å². The minimum Gasteiger partial charge on any atom is -0.477 e. The number of carboxylic acids is 3. The molecule has 8 heteroatoms. The van der Waals surface area contributed by atoms with Gasteiger partial charge in [0.15, 0.2) is 19.6 Å². The number of quaternary nitrogens is 1. The number of aliphatic hydroxyl groups is 1. The summed E-state index contributed by atoms with van der Waals surface area (Å²) >= 11 is 0. The standard InChI is InChI=1S/C8H13NO7/c10-2-1-9(3-6(11)12,4-7(13)14)5-8(15)16/h10H,1-5H2,(H2-,11,12,13,14,15,16)/p+1. The van der Waals surface area contributed by atoms with Crippen molar-refractivity contribution in [2.24, 2.45) is 0 Å². The maximum atomic E-state index is 10.6. The lowest BCUT2D eigenvalue weighted by Crippen LogP contribution is -2.57. The molecule has 4 N–H and O–H groups in total. The van der Waals surface area contributed by atoms with Gasteiger partial charge < -0.3 is 20.4 Å². The molecule has 0 fully saturated rings. The number of nitrogens with zero attached hydrogens (tertiary/aromatic N) is 1. The summed E-state index contributed by atoms with van der Waals surface area (Å²) in [6, 6.07) is 0. The van der Waals surface area contributed by atoms with Crippen LogP contribution >= 0.6 is 0 Å². The fourth-order valence-electron chi connectivity index (χ4n) is 1.48. The first-order valence-electron chi connectivity index (χ1n) is 4.42. The van der Waals surface area contributed by atoms with Crippen LogP contribution in [0.15, 0.2) is 0 Å². The third-order valence-electron chi connectivity index (χ3n) is 1.99. The molecule has 0 radical (unpaired) electrons. The first-order valence-corrected chi connectivity index (χ1v) is 4.42. The molecule has 0 unspecified atom stereocenters. The van der Waals surface area contributed by atoms with Crippen LogP contribution in [0.4, 0.5) is 0 Å². The lowest BCUT2D eigenvalue weighted by molar-refractivity contribution is -0.907. The molecule has 0 aliphatic rings. The van der Waals surface area contributed by atoms with Gasteiger partial charge in [-0.3, -0.25) is 4.48 Å². The summed E-state index contributed by atoms with van der Waals surface area (Å²) in [5.74, 6) is -3.93. The molecule has 0 aromatic heterocycles. The minimum absolute atomic E-state index is 0.231. The zero-order valence-electron chi connectivity index (χ0n) is 8.50. The highest BCUT2D eigenvalue weighted by Gasteiger charge is 2.35. The topological polar surface area (TPSA) is 132 Å². The number of hydrogen-bond acceptors (Lipinski definition) is 4. The van der Waals surface area contributed by atoms with E-state index in [4.69, 9.17) is 20.4 Å². The van der Waals surface area contributed by atoms with Crippen LogP contribution in [0.2, 0.25) is 0 Å². The van der Waals surface area contributed by atoms with Crippen molar-refractivity contribution < 1.29 is 39.3 Å². The molecule has 0 aliphatic heterocycles. The van der Waals surface area contributed by atoms with Crippen molar-refractivity contribution in [1.82, 2.24) is 0 Å². The fourth-order valence-corrected chi connectivity index (χ4v) is 1.48. The van der Waals surface area contributed by atoms with Crippen molar-refractivity contribution in [1.29, 1.82) is 0 Å². The molecule has 0 saturated heterocycles. The first kappa shape index (κ1) is 14.3. The molecule has 0 saturated carbocycles. The predicted molar refractivity (Wildman–Crippen MR) is 49.7 cm³/mol. The van der Waals surface area contributed by atoms with E-state index in [9.17, 15) is 14.4 Å². The molecule has 0 aromatic rings. The van der Waals surface area contributed by atoms with Gasteiger partial charge in [0.25, 0.3) is 0 Å². The van der Waals surface area contributed by atoms with Gasteiger partial charge in [0.1, 0.15) is 6.54 Å². The van der Waals surface area contributed by atoms with E-state index < -0.39 is 48.6 Å². The quantitative estimate of drug-likeness (QED) is 0.360. The van der Waals surface area contributed by atoms with Gasteiger partial charge in [-0.25, -0.2) is 14.4 Å². The summed E-state index contributed by atoms with van der Waals surface area (Å²) in [6.45, 7) is -2.67. The Morgan fingerprint density at radius 1 is 0.812 bits per heavy atom. The van der Waals surface area contributed by atoms with Gasteiger partial charge in [0.05, 0.1) is 6.61 Å². The summed E-state index contributed by atoms with van der Waals surface area (Å²) < 4.78 is -0.712. The minimum atomic E-state index is -1.31. The molecule has 0 amide bonds. The molecule has 0 atom stereocenters. The first-order chi connectivity index (χ1) is 7.31. The summed E-state index contributed by atoms with van der Waals surface area (Å²) in [4.78, 5) is 31.7. The van der Waals surface area contributed by atoms with E-state index in [1.165, 1.54) is 0 Å². The lowest BCUT2D eigenvalue weighted by Gasteiger charge is -2.33. The van der Waals surface area contributed by atoms with Crippen LogP contribution < -0.4 is 0 Å². The van der Waals surface area contributed by atoms with Crippen LogP contribution in [0.1, 0.15) is 0 Å². The van der Waals surface area contributed by atoms with Crippen LogP contribution in [0.3, 0.4) is 0 Å². The summed E-state index contributed by atoms with van der Waals surface area (Å²) in [5, 5.41) is 34.6. The van der Waals surface area contributed by atoms with E-state index in [0.29, 0.717) is 0 Å². The van der Waals surface area contributed by atoms with Crippen LogP contribution in [0.5, 0.6) is 0 Å². The molecule has 16 heavy (non-hydrogen) atoms. The van der Waals surface area contributed by atoms with E-state index in [-0.39, 0.29) is 6.54 Å². The van der Waals surface area contributed by atoms with Gasteiger partial charge in [-0.05, 0) is 0 Å². The number of carbonyl (C=O) groups is 3. The zero-order valence-corrected chi connectivity index (χ0v) is 8.50. The molecule has 0 aromatic carbocycles. The summed E-state index contributed by atoms with van der Waals surface area (Å²) in [7, 11) is 0. The smallest absolute Gasteiger partial charge is 0.359 e. The second-order valence-electron chi connectivity index (χ2n) is 3.44. The molecule has 0 bridgehead atoms. The number of aliphatic carboxylic acids is 3. The largest absolute Gasteiger partial charge is 0.477 e. The number of aliphatic hydroxyl groups excluding tert-OH is 1. The van der Waals surface area contributed by atoms with E-state index >= 15 is 0 Å². The van der Waals surface area contributed by atoms with Gasteiger partial charge in [-0.1, -0.05) is 0 Å². The highest BCUT2D eigenvalue weighted by Crippen LogP contribution is 2.06. The molecular weight excluding hydrogens is 222 g/mol. The van der Waals surface area contributed by atoms with Crippen molar-refractivity contribution in [3.8, 4) is 0 Å². The molecule has 0 rings (SSSR count). The Kier molecular flexibility index (Phi) is 5.40. The molecule has 0 spiro atoms. The molecule has 92 valence electrons. The van der Waals surface area contributed by atoms with Crippen molar-refractivity contribution in [2.75, 3.05) is 32.8 Å². The van der Waals surface area contributed by atoms with E-state index in [0.717, 1.165) is 0 Å². The fraction of sp³-hybridized carbons (Fsp3) is 0.625. The Bertz CT molecular complexity index is 247. The van der Waals surface area contributed by atoms with Crippen LogP contribution in [0, 0.1) is 0 Å². The predicted octanol–water partition coefficient (Wildman–Crippen LogP) is -1.95. The maximum absolute atomic E-state index is 10.6. The van der Waals surface area contributed by atoms with Crippen LogP contribution in [0.25, 0.3) is 0 Å². The van der Waals surface area contributed by atoms with Gasteiger partial charge in [0, 0.05) is 0 Å². The Morgan fingerprint density at radius 3 is 1.31 bits per heavy atom. The summed E-state index contributed by atoms with van der Waals surface area (Å²) in [5.41, 5.74) is 0. The highest BCUT2D eigenvalue weighted by molar-refractivity contribution is 5.73. The molecular formula is C8H14NO7+. The third-order valence-corrected chi connectivity index (χ3v) is 1.99. The monoisotopic (exact) mass is 236 g/mol. The van der Waals surface area contributed by atoms with Crippen molar-refractivity contribution in [2.45, 2.75) is 0 Å². The van der Waals surface area contributed by atoms with Gasteiger partial charge in [-0.15, -0.1) is 0 Å². The molecule has 8 nitrogen and oxygen atoms in total. The SMILES string of the molecule is O=C(O)C[N+](CCO)(CC(=O)O)CC(=O)O. The maximum Gasteiger partial charge on any atom is 0.359 e. The second-order valence-corrected chi connectivity index (χ2v) is 3.44. The lowest BCUT2D eigenvalue weighted by atomic mass is 10.3. The Balaban J connectivity index is 4.93. The van der Waals surface area contributed by atoms with E-state index in [1.807, 2.05) is 0 Å². The Hall–Kier alpha value is -1.67. The van der Waals surface area contributed by atoms with Crippen molar-refractivity contribution in [3.63, 3.8) is 0 Å². The highest BCUT2D eigenvalue weighted by atomic mass is 16.4. The van der Waals surface area contributed by atoms with Crippen molar-refractivity contribution in [3.05, 3.63) is 0 Å². The second kappa shape index (κ2) is 6.03. The van der Waals surface area contributed by atoms with Gasteiger partial charge >= 0.3 is 17.9 Å². The third kappa shape index (κ3) is 5.27. The van der Waals surface area contributed by atoms with Gasteiger partial charge in [-0.2, -0.15) is 0 Å². The summed E-state index contributed by atoms with van der Waals surface area (Å²) in [6.07, 6.45) is 0. The Labute approximate surface area is 90.9 Å².